The Morgan fingerprint density at radius 3 is 2.41 bits per heavy atom. The van der Waals surface area contributed by atoms with E-state index in [4.69, 9.17) is 4.74 Å². The van der Waals surface area contributed by atoms with Gasteiger partial charge in [0.05, 0.1) is 5.69 Å². The van der Waals surface area contributed by atoms with E-state index >= 15 is 0 Å². The zero-order valence-electron chi connectivity index (χ0n) is 15.2. The highest BCUT2D eigenvalue weighted by atomic mass is 32.2. The molecule has 148 valence electrons. The Bertz CT molecular complexity index is 1110. The van der Waals surface area contributed by atoms with E-state index in [2.05, 4.69) is 5.32 Å². The number of amides is 2. The first-order valence-electron chi connectivity index (χ1n) is 8.63. The number of anilines is 1. The highest BCUT2D eigenvalue weighted by Gasteiger charge is 2.19. The molecule has 2 amide bonds. The van der Waals surface area contributed by atoms with Crippen LogP contribution in [-0.2, 0) is 21.4 Å². The summed E-state index contributed by atoms with van der Waals surface area (Å²) in [6, 6.07) is 22.0. The minimum absolute atomic E-state index is 0.0578. The third-order valence-corrected chi connectivity index (χ3v) is 5.31. The molecule has 7 nitrogen and oxygen atoms in total. The minimum atomic E-state index is -4.07. The van der Waals surface area contributed by atoms with Crippen LogP contribution in [-0.4, -0.2) is 20.7 Å². The molecule has 0 aromatic heterocycles. The highest BCUT2D eigenvalue weighted by Crippen LogP contribution is 2.22. The number of ether oxygens (including phenoxy) is 1. The number of hydrogen-bond acceptors (Lipinski definition) is 5. The predicted octanol–water partition coefficient (Wildman–Crippen LogP) is 2.95. The number of carbonyl (C=O) groups is 2. The van der Waals surface area contributed by atoms with Crippen LogP contribution in [0.25, 0.3) is 0 Å². The maximum absolute atomic E-state index is 12.6. The molecule has 0 unspecified atom stereocenters. The first-order chi connectivity index (χ1) is 14.0. The number of rotatable bonds is 8. The van der Waals surface area contributed by atoms with Gasteiger partial charge in [0.25, 0.3) is 15.9 Å². The van der Waals surface area contributed by atoms with Crippen molar-refractivity contribution in [2.75, 3.05) is 5.32 Å². The van der Waals surface area contributed by atoms with E-state index in [0.29, 0.717) is 17.9 Å². The lowest BCUT2D eigenvalue weighted by Crippen LogP contribution is -2.24. The van der Waals surface area contributed by atoms with E-state index in [1.807, 2.05) is 30.3 Å². The SMILES string of the molecule is O=CNS(=O)(=O)c1ccccc1NC(=O)c1cccc(OCc2ccccc2)c1. The molecule has 2 N–H and O–H groups in total. The van der Waals surface area contributed by atoms with Gasteiger partial charge >= 0.3 is 0 Å². The molecule has 0 spiro atoms. The van der Waals surface area contributed by atoms with Crippen LogP contribution in [0.5, 0.6) is 5.75 Å². The lowest BCUT2D eigenvalue weighted by Gasteiger charge is -2.12. The van der Waals surface area contributed by atoms with Crippen LogP contribution >= 0.6 is 0 Å². The second kappa shape index (κ2) is 9.03. The average molecular weight is 410 g/mol. The largest absolute Gasteiger partial charge is 0.489 e. The van der Waals surface area contributed by atoms with Gasteiger partial charge in [0, 0.05) is 5.56 Å². The van der Waals surface area contributed by atoms with Crippen molar-refractivity contribution in [2.45, 2.75) is 11.5 Å². The van der Waals surface area contributed by atoms with Crippen molar-refractivity contribution in [2.24, 2.45) is 0 Å². The maximum Gasteiger partial charge on any atom is 0.265 e. The topological polar surface area (TPSA) is 102 Å². The Labute approximate surface area is 168 Å². The Hall–Kier alpha value is -3.65. The quantitative estimate of drug-likeness (QED) is 0.556. The van der Waals surface area contributed by atoms with Crippen LogP contribution in [0.2, 0.25) is 0 Å². The summed E-state index contributed by atoms with van der Waals surface area (Å²) in [6.45, 7) is 0.352. The molecule has 0 radical (unpaired) electrons. The molecule has 0 heterocycles. The summed E-state index contributed by atoms with van der Waals surface area (Å²) in [5.41, 5.74) is 1.35. The van der Waals surface area contributed by atoms with Gasteiger partial charge in [0.2, 0.25) is 6.41 Å². The summed E-state index contributed by atoms with van der Waals surface area (Å²) >= 11 is 0. The van der Waals surface area contributed by atoms with Crippen LogP contribution in [0.1, 0.15) is 15.9 Å². The molecule has 0 bridgehead atoms. The third kappa shape index (κ3) is 5.20. The van der Waals surface area contributed by atoms with Gasteiger partial charge in [-0.2, -0.15) is 0 Å². The molecule has 3 rings (SSSR count). The fourth-order valence-corrected chi connectivity index (χ4v) is 3.51. The summed E-state index contributed by atoms with van der Waals surface area (Å²) < 4.78 is 31.7. The molecule has 3 aromatic rings. The molecule has 0 saturated heterocycles. The van der Waals surface area contributed by atoms with Crippen LogP contribution in [0.3, 0.4) is 0 Å². The summed E-state index contributed by atoms with van der Waals surface area (Å²) in [4.78, 5) is 23.0. The van der Waals surface area contributed by atoms with Crippen LogP contribution < -0.4 is 14.8 Å². The van der Waals surface area contributed by atoms with Crippen molar-refractivity contribution < 1.29 is 22.7 Å². The standard InChI is InChI=1S/C21H18N2O5S/c24-15-22-29(26,27)20-12-5-4-11-19(20)23-21(25)17-9-6-10-18(13-17)28-14-16-7-2-1-3-8-16/h1-13,15H,14H2,(H,22,24)(H,23,25). The lowest BCUT2D eigenvalue weighted by molar-refractivity contribution is -0.108. The zero-order chi connectivity index (χ0) is 20.7. The van der Waals surface area contributed by atoms with Crippen molar-refractivity contribution in [3.63, 3.8) is 0 Å². The molecule has 0 aliphatic heterocycles. The molecular formula is C21H18N2O5S. The second-order valence-electron chi connectivity index (χ2n) is 5.99. The van der Waals surface area contributed by atoms with Crippen molar-refractivity contribution >= 4 is 28.0 Å². The monoisotopic (exact) mass is 410 g/mol. The minimum Gasteiger partial charge on any atom is -0.489 e. The number of carbonyl (C=O) groups excluding carboxylic acids is 2. The molecule has 3 aromatic carbocycles. The van der Waals surface area contributed by atoms with E-state index < -0.39 is 15.9 Å². The lowest BCUT2D eigenvalue weighted by atomic mass is 10.2. The number of para-hydroxylation sites is 1. The number of benzene rings is 3. The third-order valence-electron chi connectivity index (χ3n) is 3.97. The second-order valence-corrected chi connectivity index (χ2v) is 7.67. The predicted molar refractivity (Wildman–Crippen MR) is 108 cm³/mol. The van der Waals surface area contributed by atoms with E-state index in [9.17, 15) is 18.0 Å². The first-order valence-corrected chi connectivity index (χ1v) is 10.1. The summed E-state index contributed by atoms with van der Waals surface area (Å²) in [6.07, 6.45) is 0.0709. The van der Waals surface area contributed by atoms with Gasteiger partial charge in [0.15, 0.2) is 0 Å². The van der Waals surface area contributed by atoms with Crippen LogP contribution in [0.15, 0.2) is 83.8 Å². The Morgan fingerprint density at radius 2 is 1.66 bits per heavy atom. The Morgan fingerprint density at radius 1 is 0.931 bits per heavy atom. The van der Waals surface area contributed by atoms with E-state index in [1.54, 1.807) is 35.1 Å². The Balaban J connectivity index is 1.76. The van der Waals surface area contributed by atoms with Crippen molar-refractivity contribution in [3.05, 3.63) is 90.0 Å². The van der Waals surface area contributed by atoms with Crippen molar-refractivity contribution in [3.8, 4) is 5.75 Å². The Kier molecular flexibility index (Phi) is 6.25. The number of sulfonamides is 1. The van der Waals surface area contributed by atoms with E-state index in [-0.39, 0.29) is 17.0 Å². The number of nitrogens with one attached hydrogen (secondary N) is 2. The maximum atomic E-state index is 12.6. The molecule has 0 fully saturated rings. The van der Waals surface area contributed by atoms with Crippen LogP contribution in [0.4, 0.5) is 5.69 Å². The van der Waals surface area contributed by atoms with Gasteiger partial charge in [-0.05, 0) is 35.9 Å². The fraction of sp³-hybridized carbons (Fsp3) is 0.0476. The number of hydrogen-bond donors (Lipinski definition) is 2. The van der Waals surface area contributed by atoms with Crippen LogP contribution in [0, 0.1) is 0 Å². The summed E-state index contributed by atoms with van der Waals surface area (Å²) in [7, 11) is -4.07. The van der Waals surface area contributed by atoms with E-state index in [0.717, 1.165) is 5.56 Å². The molecule has 0 aliphatic rings. The van der Waals surface area contributed by atoms with Gasteiger partial charge in [-0.25, -0.2) is 8.42 Å². The van der Waals surface area contributed by atoms with Crippen molar-refractivity contribution in [1.82, 2.24) is 4.72 Å². The van der Waals surface area contributed by atoms with Gasteiger partial charge in [-0.1, -0.05) is 48.5 Å². The van der Waals surface area contributed by atoms with Gasteiger partial charge < -0.3 is 10.1 Å². The van der Waals surface area contributed by atoms with Gasteiger partial charge in [-0.3, -0.25) is 14.3 Å². The zero-order valence-corrected chi connectivity index (χ0v) is 16.1. The van der Waals surface area contributed by atoms with Gasteiger partial charge in [-0.15, -0.1) is 0 Å². The molecule has 0 aliphatic carbocycles. The smallest absolute Gasteiger partial charge is 0.265 e. The van der Waals surface area contributed by atoms with E-state index in [1.165, 1.54) is 18.2 Å². The first kappa shape index (κ1) is 20.1. The summed E-state index contributed by atoms with van der Waals surface area (Å²) in [5, 5.41) is 2.56. The highest BCUT2D eigenvalue weighted by molar-refractivity contribution is 7.90. The molecule has 29 heavy (non-hydrogen) atoms. The van der Waals surface area contributed by atoms with Crippen molar-refractivity contribution in [1.29, 1.82) is 0 Å². The molecule has 0 saturated carbocycles. The van der Waals surface area contributed by atoms with Gasteiger partial charge in [0.1, 0.15) is 17.3 Å². The average Bonchev–Trinajstić information content (AvgIpc) is 2.73. The molecule has 8 heteroatoms. The fourth-order valence-electron chi connectivity index (χ4n) is 2.59. The molecule has 0 atom stereocenters. The summed E-state index contributed by atoms with van der Waals surface area (Å²) in [5.74, 6) is -0.00561. The molecular weight excluding hydrogens is 392 g/mol. The normalized spacial score (nSPS) is 10.8.